The molecule has 0 saturated heterocycles. The van der Waals surface area contributed by atoms with Gasteiger partial charge >= 0.3 is 0 Å². The molecule has 3 N–H and O–H groups in total. The Kier molecular flexibility index (Phi) is 8.98. The summed E-state index contributed by atoms with van der Waals surface area (Å²) in [5.41, 5.74) is 1.92. The second-order valence-corrected chi connectivity index (χ2v) is 11.5. The Bertz CT molecular complexity index is 1050. The molecule has 2 rings (SSSR count). The molecule has 0 radical (unpaired) electrons. The van der Waals surface area contributed by atoms with E-state index in [1.807, 2.05) is 32.9 Å². The SMILES string of the molecule is Cc1ccc(NC(=O)CC(=O)Nc2nc(CNS(C)(=O)=O)c(Br)s2)c(OCC(C)C)c1. The third kappa shape index (κ3) is 8.93. The van der Waals surface area contributed by atoms with Crippen LogP contribution in [-0.2, 0) is 26.2 Å². The number of aryl methyl sites for hydroxylation is 1. The maximum absolute atomic E-state index is 12.3. The minimum Gasteiger partial charge on any atom is -0.491 e. The second kappa shape index (κ2) is 11.0. The lowest BCUT2D eigenvalue weighted by Crippen LogP contribution is -2.22. The minimum absolute atomic E-state index is 0.0150. The molecule has 0 fully saturated rings. The maximum Gasteiger partial charge on any atom is 0.235 e. The molecule has 0 atom stereocenters. The molecule has 1 aromatic heterocycles. The number of ether oxygens (including phenoxy) is 1. The molecule has 9 nitrogen and oxygen atoms in total. The van der Waals surface area contributed by atoms with Crippen LogP contribution in [0.4, 0.5) is 10.8 Å². The summed E-state index contributed by atoms with van der Waals surface area (Å²) in [4.78, 5) is 28.8. The van der Waals surface area contributed by atoms with Gasteiger partial charge in [0.15, 0.2) is 5.13 Å². The van der Waals surface area contributed by atoms with Crippen molar-refractivity contribution in [2.75, 3.05) is 23.5 Å². The van der Waals surface area contributed by atoms with Crippen LogP contribution in [0.15, 0.2) is 22.0 Å². The lowest BCUT2D eigenvalue weighted by molar-refractivity contribution is -0.123. The molecule has 1 aromatic carbocycles. The van der Waals surface area contributed by atoms with E-state index in [1.165, 1.54) is 0 Å². The molecule has 0 aliphatic rings. The first kappa shape index (κ1) is 25.2. The van der Waals surface area contributed by atoms with Gasteiger partial charge in [-0.25, -0.2) is 18.1 Å². The first-order chi connectivity index (χ1) is 14.4. The number of benzene rings is 1. The quantitative estimate of drug-likeness (QED) is 0.403. The van der Waals surface area contributed by atoms with Gasteiger partial charge in [-0.05, 0) is 46.5 Å². The topological polar surface area (TPSA) is 126 Å². The van der Waals surface area contributed by atoms with Gasteiger partial charge < -0.3 is 15.4 Å². The number of nitrogens with zero attached hydrogens (tertiary/aromatic N) is 1. The van der Waals surface area contributed by atoms with Gasteiger partial charge in [0, 0.05) is 0 Å². The van der Waals surface area contributed by atoms with Crippen molar-refractivity contribution in [2.24, 2.45) is 5.92 Å². The van der Waals surface area contributed by atoms with E-state index < -0.39 is 28.3 Å². The fourth-order valence-corrected chi connectivity index (χ4v) is 4.12. The summed E-state index contributed by atoms with van der Waals surface area (Å²) in [6, 6.07) is 5.41. The average Bonchev–Trinajstić information content (AvgIpc) is 2.98. The largest absolute Gasteiger partial charge is 0.491 e. The smallest absolute Gasteiger partial charge is 0.235 e. The fraction of sp³-hybridized carbons (Fsp3) is 0.421. The van der Waals surface area contributed by atoms with E-state index in [0.717, 1.165) is 23.2 Å². The molecule has 1 heterocycles. The van der Waals surface area contributed by atoms with Crippen molar-refractivity contribution < 1.29 is 22.7 Å². The van der Waals surface area contributed by atoms with Crippen molar-refractivity contribution in [1.82, 2.24) is 9.71 Å². The molecule has 170 valence electrons. The van der Waals surface area contributed by atoms with Crippen LogP contribution in [0, 0.1) is 12.8 Å². The molecular weight excluding hydrogens is 508 g/mol. The van der Waals surface area contributed by atoms with Crippen LogP contribution >= 0.6 is 27.3 Å². The maximum atomic E-state index is 12.3. The van der Waals surface area contributed by atoms with Crippen LogP contribution in [0.2, 0.25) is 0 Å². The molecule has 2 amide bonds. The van der Waals surface area contributed by atoms with Crippen LogP contribution in [-0.4, -0.2) is 38.1 Å². The zero-order valence-corrected chi connectivity index (χ0v) is 20.8. The predicted molar refractivity (Wildman–Crippen MR) is 125 cm³/mol. The molecule has 12 heteroatoms. The summed E-state index contributed by atoms with van der Waals surface area (Å²) in [5.74, 6) is -0.164. The van der Waals surface area contributed by atoms with E-state index in [9.17, 15) is 18.0 Å². The number of hydrogen-bond donors (Lipinski definition) is 3. The van der Waals surface area contributed by atoms with Crippen molar-refractivity contribution in [1.29, 1.82) is 0 Å². The highest BCUT2D eigenvalue weighted by atomic mass is 79.9. The number of amides is 2. The van der Waals surface area contributed by atoms with Gasteiger partial charge in [0.05, 0.1) is 34.6 Å². The summed E-state index contributed by atoms with van der Waals surface area (Å²) in [7, 11) is -3.37. The predicted octanol–water partition coefficient (Wildman–Crippen LogP) is 3.27. The number of carbonyl (C=O) groups is 2. The van der Waals surface area contributed by atoms with Crippen LogP contribution in [0.3, 0.4) is 0 Å². The number of hydrogen-bond acceptors (Lipinski definition) is 7. The highest BCUT2D eigenvalue weighted by molar-refractivity contribution is 9.11. The lowest BCUT2D eigenvalue weighted by Gasteiger charge is -2.14. The van der Waals surface area contributed by atoms with Crippen LogP contribution in [0.1, 0.15) is 31.5 Å². The molecule has 0 bridgehead atoms. The Morgan fingerprint density at radius 3 is 2.55 bits per heavy atom. The van der Waals surface area contributed by atoms with Crippen LogP contribution in [0.5, 0.6) is 5.75 Å². The molecule has 0 unspecified atom stereocenters. The van der Waals surface area contributed by atoms with Gasteiger partial charge in [-0.1, -0.05) is 31.3 Å². The fourth-order valence-electron chi connectivity index (χ4n) is 2.31. The first-order valence-electron chi connectivity index (χ1n) is 9.36. The molecule has 2 aromatic rings. The third-order valence-corrected chi connectivity index (χ3v) is 6.12. The number of thiazole rings is 1. The highest BCUT2D eigenvalue weighted by Gasteiger charge is 2.16. The van der Waals surface area contributed by atoms with Crippen molar-refractivity contribution in [3.63, 3.8) is 0 Å². The molecule has 0 aliphatic carbocycles. The summed E-state index contributed by atoms with van der Waals surface area (Å²) >= 11 is 4.41. The first-order valence-corrected chi connectivity index (χ1v) is 12.9. The number of anilines is 2. The van der Waals surface area contributed by atoms with E-state index in [0.29, 0.717) is 33.4 Å². The number of halogens is 1. The van der Waals surface area contributed by atoms with Crippen molar-refractivity contribution in [2.45, 2.75) is 33.7 Å². The zero-order valence-electron chi connectivity index (χ0n) is 17.6. The summed E-state index contributed by atoms with van der Waals surface area (Å²) < 4.78 is 31.1. The molecule has 0 aliphatic heterocycles. The Balaban J connectivity index is 1.96. The van der Waals surface area contributed by atoms with Gasteiger partial charge in [0.25, 0.3) is 0 Å². The van der Waals surface area contributed by atoms with Crippen molar-refractivity contribution in [3.05, 3.63) is 33.2 Å². The van der Waals surface area contributed by atoms with E-state index in [1.54, 1.807) is 6.07 Å². The number of carbonyl (C=O) groups excluding carboxylic acids is 2. The number of sulfonamides is 1. The minimum atomic E-state index is -3.37. The van der Waals surface area contributed by atoms with Gasteiger partial charge in [0.1, 0.15) is 12.2 Å². The zero-order chi connectivity index (χ0) is 23.2. The van der Waals surface area contributed by atoms with E-state index in [-0.39, 0.29) is 11.7 Å². The van der Waals surface area contributed by atoms with Crippen LogP contribution < -0.4 is 20.1 Å². The van der Waals surface area contributed by atoms with Crippen molar-refractivity contribution >= 4 is 59.9 Å². The highest BCUT2D eigenvalue weighted by Crippen LogP contribution is 2.29. The van der Waals surface area contributed by atoms with Crippen molar-refractivity contribution in [3.8, 4) is 5.75 Å². The Labute approximate surface area is 194 Å². The van der Waals surface area contributed by atoms with E-state index >= 15 is 0 Å². The third-order valence-electron chi connectivity index (χ3n) is 3.70. The Morgan fingerprint density at radius 2 is 1.90 bits per heavy atom. The van der Waals surface area contributed by atoms with Gasteiger partial charge in [-0.2, -0.15) is 0 Å². The van der Waals surface area contributed by atoms with E-state index in [4.69, 9.17) is 4.74 Å². The molecule has 31 heavy (non-hydrogen) atoms. The summed E-state index contributed by atoms with van der Waals surface area (Å²) in [6.45, 7) is 6.46. The van der Waals surface area contributed by atoms with Gasteiger partial charge in [0.2, 0.25) is 21.8 Å². The molecule has 0 spiro atoms. The number of aromatic nitrogens is 1. The number of nitrogens with one attached hydrogen (secondary N) is 3. The van der Waals surface area contributed by atoms with Gasteiger partial charge in [-0.3, -0.25) is 9.59 Å². The van der Waals surface area contributed by atoms with E-state index in [2.05, 4.69) is 36.3 Å². The Morgan fingerprint density at radius 1 is 1.23 bits per heavy atom. The molecular formula is C19H25BrN4O5S2. The Hall–Kier alpha value is -2.02. The molecule has 0 saturated carbocycles. The summed E-state index contributed by atoms with van der Waals surface area (Å²) in [6.07, 6.45) is 0.632. The van der Waals surface area contributed by atoms with Crippen LogP contribution in [0.25, 0.3) is 0 Å². The normalized spacial score (nSPS) is 11.4. The lowest BCUT2D eigenvalue weighted by atomic mass is 10.2. The number of rotatable bonds is 10. The summed E-state index contributed by atoms with van der Waals surface area (Å²) in [5, 5.41) is 5.51. The average molecular weight is 533 g/mol. The van der Waals surface area contributed by atoms with Gasteiger partial charge in [-0.15, -0.1) is 0 Å². The monoisotopic (exact) mass is 532 g/mol. The second-order valence-electron chi connectivity index (χ2n) is 7.31. The standard InChI is InChI=1S/C19H25BrN4O5S2/c1-11(2)10-29-15-7-12(3)5-6-13(15)22-16(25)8-17(26)24-19-23-14(18(20)30-19)9-21-31(4,27)28/h5-7,11,21H,8-10H2,1-4H3,(H,22,25)(H,23,24,26).